The van der Waals surface area contributed by atoms with E-state index >= 15 is 0 Å². The molecule has 6 rings (SSSR count). The van der Waals surface area contributed by atoms with E-state index in [-0.39, 0.29) is 24.7 Å². The molecule has 2 aliphatic heterocycles. The quantitative estimate of drug-likeness (QED) is 0.268. The number of aromatic amines is 1. The fourth-order valence-electron chi connectivity index (χ4n) is 4.76. The van der Waals surface area contributed by atoms with Crippen LogP contribution in [0.25, 0.3) is 16.7 Å². The average Bonchev–Trinajstić information content (AvgIpc) is 3.62. The lowest BCUT2D eigenvalue weighted by molar-refractivity contribution is -0.140. The predicted octanol–water partition coefficient (Wildman–Crippen LogP) is 4.42. The summed E-state index contributed by atoms with van der Waals surface area (Å²) in [7, 11) is 0. The Morgan fingerprint density at radius 2 is 1.91 bits per heavy atom. The zero-order valence-corrected chi connectivity index (χ0v) is 18.2. The molecule has 0 aliphatic carbocycles. The largest absolute Gasteiger partial charge is 0.507 e. The number of amides is 1. The molecule has 0 spiro atoms. The van der Waals surface area contributed by atoms with Crippen molar-refractivity contribution >= 4 is 28.4 Å². The van der Waals surface area contributed by atoms with Crippen LogP contribution < -0.4 is 9.47 Å². The Morgan fingerprint density at radius 3 is 2.74 bits per heavy atom. The number of furan rings is 1. The van der Waals surface area contributed by atoms with Crippen molar-refractivity contribution < 1.29 is 28.6 Å². The highest BCUT2D eigenvalue weighted by Gasteiger charge is 2.47. The molecule has 1 amide bonds. The summed E-state index contributed by atoms with van der Waals surface area (Å²) in [6.07, 6.45) is 1.52. The van der Waals surface area contributed by atoms with E-state index < -0.39 is 17.7 Å². The summed E-state index contributed by atoms with van der Waals surface area (Å²) >= 11 is 0. The zero-order chi connectivity index (χ0) is 23.4. The van der Waals surface area contributed by atoms with Gasteiger partial charge >= 0.3 is 0 Å². The third-order valence-corrected chi connectivity index (χ3v) is 6.31. The summed E-state index contributed by atoms with van der Waals surface area (Å²) in [5.74, 6) is -0.168. The average molecular weight is 456 g/mol. The minimum Gasteiger partial charge on any atom is -0.507 e. The highest BCUT2D eigenvalue weighted by Crippen LogP contribution is 2.45. The lowest BCUT2D eigenvalue weighted by Gasteiger charge is -2.25. The molecular formula is C26H20N2O6. The Labute approximate surface area is 194 Å². The number of ketones is 1. The summed E-state index contributed by atoms with van der Waals surface area (Å²) < 4.78 is 16.3. The molecule has 0 radical (unpaired) electrons. The number of fused-ring (bicyclic) bond motifs is 2. The molecule has 0 saturated carbocycles. The molecule has 1 saturated heterocycles. The number of aromatic nitrogens is 1. The number of carbonyl (C=O) groups excluding carboxylic acids is 2. The van der Waals surface area contributed by atoms with Crippen LogP contribution in [-0.2, 0) is 16.1 Å². The van der Waals surface area contributed by atoms with Gasteiger partial charge in [0.2, 0.25) is 6.79 Å². The van der Waals surface area contributed by atoms with Crippen molar-refractivity contribution in [2.45, 2.75) is 19.5 Å². The highest BCUT2D eigenvalue weighted by molar-refractivity contribution is 6.46. The van der Waals surface area contributed by atoms with E-state index in [2.05, 4.69) is 4.98 Å². The SMILES string of the molecule is Cc1[nH]c2ccccc2c1C1/C(=C(\O)c2ccc3c(c2)OCO3)C(=O)C(=O)N1Cc1ccco1. The van der Waals surface area contributed by atoms with Gasteiger partial charge in [-0.3, -0.25) is 9.59 Å². The molecule has 8 heteroatoms. The van der Waals surface area contributed by atoms with Gasteiger partial charge in [-0.1, -0.05) is 18.2 Å². The van der Waals surface area contributed by atoms with E-state index in [0.29, 0.717) is 22.8 Å². The Kier molecular flexibility index (Phi) is 4.48. The van der Waals surface area contributed by atoms with Gasteiger partial charge in [-0.15, -0.1) is 0 Å². The molecule has 1 unspecified atom stereocenters. The maximum Gasteiger partial charge on any atom is 0.296 e. The number of hydrogen-bond donors (Lipinski definition) is 2. The monoisotopic (exact) mass is 456 g/mol. The molecule has 4 heterocycles. The first-order chi connectivity index (χ1) is 16.5. The van der Waals surface area contributed by atoms with Crippen molar-refractivity contribution in [2.75, 3.05) is 6.79 Å². The summed E-state index contributed by atoms with van der Waals surface area (Å²) in [6.45, 7) is 2.06. The first-order valence-electron chi connectivity index (χ1n) is 10.8. The van der Waals surface area contributed by atoms with Crippen molar-refractivity contribution in [3.05, 3.63) is 89.0 Å². The molecule has 2 aromatic heterocycles. The van der Waals surface area contributed by atoms with Crippen LogP contribution in [-0.4, -0.2) is 33.5 Å². The number of carbonyl (C=O) groups is 2. The Bertz CT molecular complexity index is 1480. The van der Waals surface area contributed by atoms with Gasteiger partial charge in [0.05, 0.1) is 24.4 Å². The number of nitrogens with zero attached hydrogens (tertiary/aromatic N) is 1. The fraction of sp³-hybridized carbons (Fsp3) is 0.154. The van der Waals surface area contributed by atoms with Crippen LogP contribution in [0.2, 0.25) is 0 Å². The number of benzene rings is 2. The normalized spacial score (nSPS) is 18.9. The van der Waals surface area contributed by atoms with Gasteiger partial charge in [-0.2, -0.15) is 0 Å². The van der Waals surface area contributed by atoms with E-state index in [9.17, 15) is 14.7 Å². The molecule has 170 valence electrons. The van der Waals surface area contributed by atoms with Crippen LogP contribution >= 0.6 is 0 Å². The van der Waals surface area contributed by atoms with Gasteiger partial charge in [0, 0.05) is 27.7 Å². The number of likely N-dealkylation sites (tertiary alicyclic amines) is 1. The molecule has 1 fully saturated rings. The Morgan fingerprint density at radius 1 is 1.09 bits per heavy atom. The lowest BCUT2D eigenvalue weighted by atomic mass is 9.93. The second-order valence-corrected chi connectivity index (χ2v) is 8.28. The Balaban J connectivity index is 1.57. The van der Waals surface area contributed by atoms with Gasteiger partial charge in [-0.25, -0.2) is 0 Å². The third kappa shape index (κ3) is 2.99. The van der Waals surface area contributed by atoms with Crippen LogP contribution in [0.5, 0.6) is 11.5 Å². The van der Waals surface area contributed by atoms with Crippen LogP contribution in [0.1, 0.15) is 28.6 Å². The van der Waals surface area contributed by atoms with Gasteiger partial charge in [0.15, 0.2) is 11.5 Å². The Hall–Kier alpha value is -4.46. The molecule has 0 bridgehead atoms. The molecule has 2 aromatic carbocycles. The molecule has 2 aliphatic rings. The number of aliphatic hydroxyl groups is 1. The molecule has 8 nitrogen and oxygen atoms in total. The van der Waals surface area contributed by atoms with E-state index in [0.717, 1.165) is 22.2 Å². The fourth-order valence-corrected chi connectivity index (χ4v) is 4.76. The summed E-state index contributed by atoms with van der Waals surface area (Å²) in [5, 5.41) is 12.2. The number of aliphatic hydroxyl groups excluding tert-OH is 1. The van der Waals surface area contributed by atoms with Crippen LogP contribution in [0, 0.1) is 6.92 Å². The number of nitrogens with one attached hydrogen (secondary N) is 1. The number of Topliss-reactive ketones (excluding diaryl/α,β-unsaturated/α-hetero) is 1. The maximum absolute atomic E-state index is 13.3. The van der Waals surface area contributed by atoms with Gasteiger partial charge < -0.3 is 28.9 Å². The van der Waals surface area contributed by atoms with Crippen molar-refractivity contribution in [1.82, 2.24) is 9.88 Å². The van der Waals surface area contributed by atoms with Crippen molar-refractivity contribution in [1.29, 1.82) is 0 Å². The third-order valence-electron chi connectivity index (χ3n) is 6.31. The van der Waals surface area contributed by atoms with E-state index in [1.165, 1.54) is 11.2 Å². The first kappa shape index (κ1) is 20.2. The van der Waals surface area contributed by atoms with Crippen molar-refractivity contribution in [2.24, 2.45) is 0 Å². The maximum atomic E-state index is 13.3. The summed E-state index contributed by atoms with van der Waals surface area (Å²) in [6, 6.07) is 15.3. The molecule has 34 heavy (non-hydrogen) atoms. The highest BCUT2D eigenvalue weighted by atomic mass is 16.7. The van der Waals surface area contributed by atoms with Crippen LogP contribution in [0.3, 0.4) is 0 Å². The summed E-state index contributed by atoms with van der Waals surface area (Å²) in [4.78, 5) is 31.4. The summed E-state index contributed by atoms with van der Waals surface area (Å²) in [5.41, 5.74) is 2.81. The van der Waals surface area contributed by atoms with Crippen molar-refractivity contribution in [3.8, 4) is 11.5 Å². The van der Waals surface area contributed by atoms with Crippen molar-refractivity contribution in [3.63, 3.8) is 0 Å². The first-order valence-corrected chi connectivity index (χ1v) is 10.8. The second-order valence-electron chi connectivity index (χ2n) is 8.28. The zero-order valence-electron chi connectivity index (χ0n) is 18.2. The van der Waals surface area contributed by atoms with Crippen LogP contribution in [0.15, 0.2) is 70.9 Å². The number of para-hydroxylation sites is 1. The number of aryl methyl sites for hydroxylation is 1. The van der Waals surface area contributed by atoms with E-state index in [1.807, 2.05) is 31.2 Å². The molecule has 2 N–H and O–H groups in total. The van der Waals surface area contributed by atoms with Gasteiger partial charge in [0.25, 0.3) is 11.7 Å². The van der Waals surface area contributed by atoms with E-state index in [1.54, 1.807) is 30.3 Å². The predicted molar refractivity (Wildman–Crippen MR) is 122 cm³/mol. The minimum absolute atomic E-state index is 0.0169. The van der Waals surface area contributed by atoms with E-state index in [4.69, 9.17) is 13.9 Å². The topological polar surface area (TPSA) is 105 Å². The number of H-pyrrole nitrogens is 1. The molecule has 1 atom stereocenters. The van der Waals surface area contributed by atoms with Gasteiger partial charge in [0.1, 0.15) is 11.5 Å². The number of ether oxygens (including phenoxy) is 2. The standard InChI is InChI=1S/C26H20N2O6/c1-14-21(17-6-2-3-7-18(17)27-14)23-22(24(29)15-8-9-19-20(11-15)34-13-33-19)25(30)26(31)28(23)12-16-5-4-10-32-16/h2-11,23,27,29H,12-13H2,1H3/b24-22+. The van der Waals surface area contributed by atoms with Crippen LogP contribution in [0.4, 0.5) is 0 Å². The minimum atomic E-state index is -0.813. The second kappa shape index (κ2) is 7.55. The number of hydrogen-bond acceptors (Lipinski definition) is 6. The molecule has 4 aromatic rings. The molecular weight excluding hydrogens is 436 g/mol. The van der Waals surface area contributed by atoms with Gasteiger partial charge in [-0.05, 0) is 43.3 Å². The lowest BCUT2D eigenvalue weighted by Crippen LogP contribution is -2.29. The smallest absolute Gasteiger partial charge is 0.296 e. The number of rotatable bonds is 4.